The molecular formula is C24H27N4O3S+. The monoisotopic (exact) mass is 451 g/mol. The zero-order valence-corrected chi connectivity index (χ0v) is 19.2. The molecule has 1 aromatic heterocycles. The highest BCUT2D eigenvalue weighted by Crippen LogP contribution is 2.26. The Hall–Kier alpha value is -3.39. The predicted molar refractivity (Wildman–Crippen MR) is 127 cm³/mol. The number of hydrogen-bond donors (Lipinski definition) is 2. The van der Waals surface area contributed by atoms with Crippen LogP contribution in [0, 0.1) is 0 Å². The maximum atomic E-state index is 12.7. The fourth-order valence-corrected chi connectivity index (χ4v) is 3.94. The first-order valence-corrected chi connectivity index (χ1v) is 11.8. The van der Waals surface area contributed by atoms with Crippen LogP contribution in [-0.4, -0.2) is 27.5 Å². The van der Waals surface area contributed by atoms with Gasteiger partial charge in [-0.2, -0.15) is 0 Å². The van der Waals surface area contributed by atoms with Gasteiger partial charge in [-0.05, 0) is 56.2 Å². The van der Waals surface area contributed by atoms with Crippen molar-refractivity contribution < 1.29 is 13.8 Å². The van der Waals surface area contributed by atoms with E-state index >= 15 is 0 Å². The first-order chi connectivity index (χ1) is 15.3. The quantitative estimate of drug-likeness (QED) is 0.402. The summed E-state index contributed by atoms with van der Waals surface area (Å²) in [6, 6.07) is 14.5. The lowest BCUT2D eigenvalue weighted by atomic mass is 9.83. The molecule has 2 amide bonds. The molecule has 3 rings (SSSR count). The summed E-state index contributed by atoms with van der Waals surface area (Å²) >= 11 is 0. The number of thiol groups is 1. The summed E-state index contributed by atoms with van der Waals surface area (Å²) < 4.78 is 11.9. The van der Waals surface area contributed by atoms with Gasteiger partial charge in [-0.3, -0.25) is 14.6 Å². The second-order valence-electron chi connectivity index (χ2n) is 7.83. The number of hydrogen-bond acceptors (Lipinski definition) is 5. The molecule has 3 aromatic rings. The Morgan fingerprint density at radius 1 is 0.969 bits per heavy atom. The molecule has 0 bridgehead atoms. The Morgan fingerprint density at radius 3 is 2.25 bits per heavy atom. The van der Waals surface area contributed by atoms with Crippen molar-refractivity contribution in [2.45, 2.75) is 37.5 Å². The maximum absolute atomic E-state index is 12.7. The number of nitrogens with one attached hydrogen (secondary N) is 2. The smallest absolute Gasteiger partial charge is 0.235 e. The minimum absolute atomic E-state index is 0.148. The largest absolute Gasteiger partial charge is 0.326 e. The Labute approximate surface area is 190 Å². The average Bonchev–Trinajstić information content (AvgIpc) is 2.80. The summed E-state index contributed by atoms with van der Waals surface area (Å²) in [5.74, 6) is 0.640. The lowest BCUT2D eigenvalue weighted by Crippen LogP contribution is -2.35. The first kappa shape index (κ1) is 23.3. The summed E-state index contributed by atoms with van der Waals surface area (Å²) in [5, 5.41) is 5.64. The van der Waals surface area contributed by atoms with Crippen molar-refractivity contribution >= 4 is 34.1 Å². The number of anilines is 2. The van der Waals surface area contributed by atoms with Gasteiger partial charge in [-0.25, -0.2) is 4.98 Å². The SMILES string of the molecule is CC[SH+](=O)c1ccc(CC(=O)Nc2ccc(C(C)(C)C(=O)Nc3cnccn3)cc2)cc1. The van der Waals surface area contributed by atoms with E-state index in [1.165, 1.54) is 18.6 Å². The van der Waals surface area contributed by atoms with Crippen molar-refractivity contribution in [3.63, 3.8) is 0 Å². The minimum Gasteiger partial charge on any atom is -0.326 e. The average molecular weight is 452 g/mol. The molecule has 0 saturated carbocycles. The van der Waals surface area contributed by atoms with Crippen LogP contribution in [0.1, 0.15) is 31.9 Å². The molecule has 166 valence electrons. The summed E-state index contributed by atoms with van der Waals surface area (Å²) in [6.45, 7) is 5.53. The summed E-state index contributed by atoms with van der Waals surface area (Å²) in [5.41, 5.74) is 1.50. The number of rotatable bonds is 8. The molecule has 0 aliphatic carbocycles. The molecule has 0 fully saturated rings. The Kier molecular flexibility index (Phi) is 7.48. The van der Waals surface area contributed by atoms with Gasteiger partial charge in [0, 0.05) is 18.1 Å². The van der Waals surface area contributed by atoms with Crippen LogP contribution in [0.15, 0.2) is 72.0 Å². The summed E-state index contributed by atoms with van der Waals surface area (Å²) in [4.78, 5) is 33.9. The van der Waals surface area contributed by atoms with E-state index in [0.717, 1.165) is 16.0 Å². The van der Waals surface area contributed by atoms with E-state index in [4.69, 9.17) is 0 Å². The minimum atomic E-state index is -1.36. The molecular weight excluding hydrogens is 424 g/mol. The van der Waals surface area contributed by atoms with Crippen LogP contribution < -0.4 is 10.6 Å². The fraction of sp³-hybridized carbons (Fsp3) is 0.250. The van der Waals surface area contributed by atoms with Gasteiger partial charge in [0.25, 0.3) is 0 Å². The number of carbonyl (C=O) groups excluding carboxylic acids is 2. The van der Waals surface area contributed by atoms with E-state index in [9.17, 15) is 13.8 Å². The number of benzene rings is 2. The van der Waals surface area contributed by atoms with Gasteiger partial charge in [0.05, 0.1) is 18.0 Å². The number of carbonyl (C=O) groups is 2. The Bertz CT molecular complexity index is 1100. The molecule has 1 unspecified atom stereocenters. The molecule has 0 saturated heterocycles. The Balaban J connectivity index is 1.60. The highest BCUT2D eigenvalue weighted by molar-refractivity contribution is 7.84. The van der Waals surface area contributed by atoms with Crippen molar-refractivity contribution in [2.75, 3.05) is 16.4 Å². The maximum Gasteiger partial charge on any atom is 0.235 e. The molecule has 7 nitrogen and oxygen atoms in total. The van der Waals surface area contributed by atoms with Gasteiger partial charge in [-0.15, -0.1) is 4.21 Å². The molecule has 0 aliphatic rings. The highest BCUT2D eigenvalue weighted by atomic mass is 32.2. The van der Waals surface area contributed by atoms with Gasteiger partial charge in [0.2, 0.25) is 11.8 Å². The number of nitrogens with zero attached hydrogens (tertiary/aromatic N) is 2. The second-order valence-corrected chi connectivity index (χ2v) is 9.74. The number of aromatic nitrogens is 2. The van der Waals surface area contributed by atoms with Crippen LogP contribution in [0.25, 0.3) is 0 Å². The molecule has 2 aromatic carbocycles. The van der Waals surface area contributed by atoms with Crippen LogP contribution in [0.2, 0.25) is 0 Å². The third kappa shape index (κ3) is 5.85. The summed E-state index contributed by atoms with van der Waals surface area (Å²) in [6.07, 6.45) is 4.76. The lowest BCUT2D eigenvalue weighted by molar-refractivity contribution is -0.120. The number of amides is 2. The van der Waals surface area contributed by atoms with E-state index in [1.807, 2.05) is 57.2 Å². The predicted octanol–water partition coefficient (Wildman–Crippen LogP) is 3.65. The van der Waals surface area contributed by atoms with Gasteiger partial charge >= 0.3 is 0 Å². The van der Waals surface area contributed by atoms with E-state index < -0.39 is 16.2 Å². The standard InChI is InChI=1S/C24H26N4O3S/c1-4-32(31)20-11-5-17(6-12-20)15-22(29)27-19-9-7-18(8-10-19)24(2,3)23(30)28-21-16-25-13-14-26-21/h5-14,16H,4,15H2,1-3H3,(H,27,29)(H,26,28,30)/p+1. The van der Waals surface area contributed by atoms with Gasteiger partial charge in [0.1, 0.15) is 16.6 Å². The second kappa shape index (κ2) is 10.3. The topological polar surface area (TPSA) is 101 Å². The molecule has 2 N–H and O–H groups in total. The van der Waals surface area contributed by atoms with Gasteiger partial charge in [0.15, 0.2) is 10.7 Å². The highest BCUT2D eigenvalue weighted by Gasteiger charge is 2.30. The van der Waals surface area contributed by atoms with Crippen LogP contribution in [0.3, 0.4) is 0 Å². The molecule has 32 heavy (non-hydrogen) atoms. The fourth-order valence-electron chi connectivity index (χ4n) is 3.09. The van der Waals surface area contributed by atoms with Crippen molar-refractivity contribution in [1.29, 1.82) is 0 Å². The van der Waals surface area contributed by atoms with Crippen molar-refractivity contribution in [2.24, 2.45) is 0 Å². The van der Waals surface area contributed by atoms with Crippen LogP contribution in [0.5, 0.6) is 0 Å². The third-order valence-corrected chi connectivity index (χ3v) is 6.59. The van der Waals surface area contributed by atoms with Crippen LogP contribution in [0.4, 0.5) is 11.5 Å². The molecule has 0 radical (unpaired) electrons. The molecule has 8 heteroatoms. The van der Waals surface area contributed by atoms with E-state index in [0.29, 0.717) is 17.3 Å². The molecule has 0 aliphatic heterocycles. The summed E-state index contributed by atoms with van der Waals surface area (Å²) in [7, 11) is -1.36. The first-order valence-electron chi connectivity index (χ1n) is 10.3. The lowest BCUT2D eigenvalue weighted by Gasteiger charge is -2.24. The molecule has 1 atom stereocenters. The van der Waals surface area contributed by atoms with E-state index in [1.54, 1.807) is 12.1 Å². The van der Waals surface area contributed by atoms with E-state index in [-0.39, 0.29) is 18.2 Å². The van der Waals surface area contributed by atoms with Gasteiger partial charge < -0.3 is 10.6 Å². The van der Waals surface area contributed by atoms with Crippen molar-refractivity contribution in [3.8, 4) is 0 Å². The van der Waals surface area contributed by atoms with Crippen molar-refractivity contribution in [3.05, 3.63) is 78.2 Å². The molecule has 1 heterocycles. The third-order valence-electron chi connectivity index (χ3n) is 5.14. The zero-order valence-electron chi connectivity index (χ0n) is 18.3. The Morgan fingerprint density at radius 2 is 1.66 bits per heavy atom. The van der Waals surface area contributed by atoms with Crippen LogP contribution in [-0.2, 0) is 36.4 Å². The molecule has 0 spiro atoms. The normalized spacial score (nSPS) is 12.1. The van der Waals surface area contributed by atoms with Crippen molar-refractivity contribution in [1.82, 2.24) is 9.97 Å². The van der Waals surface area contributed by atoms with E-state index in [2.05, 4.69) is 20.6 Å². The zero-order chi connectivity index (χ0) is 23.1. The van der Waals surface area contributed by atoms with Gasteiger partial charge in [-0.1, -0.05) is 24.3 Å². The van der Waals surface area contributed by atoms with Crippen LogP contribution >= 0.6 is 0 Å².